The molecule has 0 unspecified atom stereocenters. The molecule has 0 fully saturated rings. The number of aliphatic hydroxyl groups excluding tert-OH is 1. The molecule has 0 aromatic carbocycles. The van der Waals surface area contributed by atoms with Crippen molar-refractivity contribution >= 4 is 11.9 Å². The van der Waals surface area contributed by atoms with Crippen LogP contribution in [0.2, 0.25) is 0 Å². The molecule has 0 saturated heterocycles. The van der Waals surface area contributed by atoms with Crippen molar-refractivity contribution in [2.24, 2.45) is 0 Å². The van der Waals surface area contributed by atoms with Crippen molar-refractivity contribution in [1.82, 2.24) is 35.2 Å². The van der Waals surface area contributed by atoms with E-state index in [1.807, 2.05) is 28.2 Å². The van der Waals surface area contributed by atoms with E-state index in [0.29, 0.717) is 23.5 Å². The van der Waals surface area contributed by atoms with E-state index < -0.39 is 6.04 Å². The number of aromatic nitrogens is 6. The van der Waals surface area contributed by atoms with Gasteiger partial charge in [-0.3, -0.25) is 5.32 Å². The van der Waals surface area contributed by atoms with Crippen LogP contribution in [0.25, 0.3) is 0 Å². The third-order valence-corrected chi connectivity index (χ3v) is 2.77. The van der Waals surface area contributed by atoms with Crippen LogP contribution in [0.15, 0.2) is 12.7 Å². The van der Waals surface area contributed by atoms with Crippen molar-refractivity contribution in [2.75, 3.05) is 44.7 Å². The summed E-state index contributed by atoms with van der Waals surface area (Å²) in [6.45, 7) is -0.267. The van der Waals surface area contributed by atoms with E-state index in [4.69, 9.17) is 0 Å². The van der Waals surface area contributed by atoms with Crippen LogP contribution in [0.5, 0.6) is 0 Å². The molecule has 0 aliphatic carbocycles. The van der Waals surface area contributed by atoms with Crippen molar-refractivity contribution in [3.05, 3.63) is 24.3 Å². The van der Waals surface area contributed by atoms with Crippen LogP contribution in [0.1, 0.15) is 17.7 Å². The highest BCUT2D eigenvalue weighted by Gasteiger charge is 2.21. The van der Waals surface area contributed by atoms with Gasteiger partial charge in [-0.1, -0.05) is 0 Å². The second kappa shape index (κ2) is 7.00. The first kappa shape index (κ1) is 15.9. The van der Waals surface area contributed by atoms with Gasteiger partial charge in [-0.2, -0.15) is 9.97 Å². The van der Waals surface area contributed by atoms with Gasteiger partial charge in [-0.15, -0.1) is 0 Å². The van der Waals surface area contributed by atoms with Crippen LogP contribution in [-0.4, -0.2) is 69.9 Å². The maximum Gasteiger partial charge on any atom is 0.228 e. The van der Waals surface area contributed by atoms with Gasteiger partial charge >= 0.3 is 0 Å². The van der Waals surface area contributed by atoms with Crippen molar-refractivity contribution < 1.29 is 5.11 Å². The fourth-order valence-corrected chi connectivity index (χ4v) is 1.70. The van der Waals surface area contributed by atoms with E-state index in [0.717, 1.165) is 0 Å². The molecule has 10 nitrogen and oxygen atoms in total. The molecule has 0 aliphatic heterocycles. The summed E-state index contributed by atoms with van der Waals surface area (Å²) in [7, 11) is 7.34. The van der Waals surface area contributed by atoms with Gasteiger partial charge in [-0.05, 0) is 0 Å². The zero-order chi connectivity index (χ0) is 16.1. The highest BCUT2D eigenvalue weighted by Crippen LogP contribution is 2.17. The van der Waals surface area contributed by atoms with E-state index in [1.54, 1.807) is 9.80 Å². The molecular weight excluding hydrogens is 286 g/mol. The molecule has 2 heterocycles. The standard InChI is InChI=1S/C12H19N9O/c1-20(2)11-15-5-13-9(18-11)8(17-7-22)10-14-6-16-12(19-10)21(3)4/h5-6,8,17,22H,7H2,1-4H3. The second-order valence-corrected chi connectivity index (χ2v) is 4.87. The molecule has 2 aromatic heterocycles. The summed E-state index contributed by atoms with van der Waals surface area (Å²) in [6.07, 6.45) is 2.83. The molecule has 0 radical (unpaired) electrons. The minimum atomic E-state index is -0.562. The Balaban J connectivity index is 2.41. The number of hydrogen-bond donors (Lipinski definition) is 2. The fraction of sp³-hybridized carbons (Fsp3) is 0.500. The average molecular weight is 305 g/mol. The number of anilines is 2. The minimum absolute atomic E-state index is 0.267. The first-order valence-electron chi connectivity index (χ1n) is 6.59. The third-order valence-electron chi connectivity index (χ3n) is 2.77. The molecular formula is C12H19N9O. The maximum absolute atomic E-state index is 9.24. The predicted molar refractivity (Wildman–Crippen MR) is 80.4 cm³/mol. The van der Waals surface area contributed by atoms with Crippen LogP contribution < -0.4 is 15.1 Å². The Bertz CT molecular complexity index is 568. The average Bonchev–Trinajstić information content (AvgIpc) is 2.52. The lowest BCUT2D eigenvalue weighted by Crippen LogP contribution is -2.28. The molecule has 0 amide bonds. The quantitative estimate of drug-likeness (QED) is 0.631. The lowest BCUT2D eigenvalue weighted by Gasteiger charge is -2.18. The van der Waals surface area contributed by atoms with Gasteiger partial charge in [0.25, 0.3) is 0 Å². The lowest BCUT2D eigenvalue weighted by molar-refractivity contribution is 0.245. The summed E-state index contributed by atoms with van der Waals surface area (Å²) in [5.74, 6) is 1.86. The fourth-order valence-electron chi connectivity index (χ4n) is 1.70. The number of nitrogens with zero attached hydrogens (tertiary/aromatic N) is 8. The molecule has 2 N–H and O–H groups in total. The lowest BCUT2D eigenvalue weighted by atomic mass is 10.2. The molecule has 0 spiro atoms. The number of hydrogen-bond acceptors (Lipinski definition) is 10. The van der Waals surface area contributed by atoms with Gasteiger partial charge in [-0.25, -0.2) is 19.9 Å². The molecule has 22 heavy (non-hydrogen) atoms. The van der Waals surface area contributed by atoms with Gasteiger partial charge in [0.15, 0.2) is 11.6 Å². The van der Waals surface area contributed by atoms with Gasteiger partial charge in [0, 0.05) is 28.2 Å². The van der Waals surface area contributed by atoms with Crippen LogP contribution >= 0.6 is 0 Å². The zero-order valence-corrected chi connectivity index (χ0v) is 13.0. The van der Waals surface area contributed by atoms with E-state index in [2.05, 4.69) is 35.2 Å². The van der Waals surface area contributed by atoms with Crippen molar-refractivity contribution in [2.45, 2.75) is 6.04 Å². The molecule has 0 atom stereocenters. The Morgan fingerprint density at radius 3 is 1.73 bits per heavy atom. The highest BCUT2D eigenvalue weighted by atomic mass is 16.3. The minimum Gasteiger partial charge on any atom is -0.381 e. The Labute approximate surface area is 128 Å². The summed E-state index contributed by atoms with van der Waals surface area (Å²) in [5.41, 5.74) is 0. The van der Waals surface area contributed by atoms with Crippen LogP contribution in [0.4, 0.5) is 11.9 Å². The monoisotopic (exact) mass is 305 g/mol. The van der Waals surface area contributed by atoms with Gasteiger partial charge in [0.2, 0.25) is 11.9 Å². The number of rotatable bonds is 6. The molecule has 0 saturated carbocycles. The number of nitrogens with one attached hydrogen (secondary N) is 1. The smallest absolute Gasteiger partial charge is 0.228 e. The van der Waals surface area contributed by atoms with Gasteiger partial charge in [0.05, 0.1) is 6.73 Å². The molecule has 2 rings (SSSR count). The second-order valence-electron chi connectivity index (χ2n) is 4.87. The molecule has 118 valence electrons. The number of aliphatic hydroxyl groups is 1. The highest BCUT2D eigenvalue weighted by molar-refractivity contribution is 5.29. The topological polar surface area (TPSA) is 116 Å². The third kappa shape index (κ3) is 3.59. The summed E-state index contributed by atoms with van der Waals surface area (Å²) in [4.78, 5) is 28.7. The Hall–Kier alpha value is -2.46. The molecule has 0 aliphatic rings. The van der Waals surface area contributed by atoms with E-state index in [-0.39, 0.29) is 6.73 Å². The Kier molecular flexibility index (Phi) is 5.07. The Morgan fingerprint density at radius 1 is 0.909 bits per heavy atom. The first-order chi connectivity index (χ1) is 10.5. The van der Waals surface area contributed by atoms with Gasteiger partial charge < -0.3 is 14.9 Å². The summed E-state index contributed by atoms with van der Waals surface area (Å²) in [6, 6.07) is -0.562. The van der Waals surface area contributed by atoms with Crippen molar-refractivity contribution in [3.63, 3.8) is 0 Å². The van der Waals surface area contributed by atoms with Crippen LogP contribution in [-0.2, 0) is 0 Å². The van der Waals surface area contributed by atoms with Crippen LogP contribution in [0, 0.1) is 0 Å². The van der Waals surface area contributed by atoms with E-state index in [1.165, 1.54) is 12.7 Å². The van der Waals surface area contributed by atoms with E-state index >= 15 is 0 Å². The summed E-state index contributed by atoms with van der Waals surface area (Å²) < 4.78 is 0. The molecule has 0 bridgehead atoms. The Morgan fingerprint density at radius 2 is 1.36 bits per heavy atom. The molecule has 2 aromatic rings. The predicted octanol–water partition coefficient (Wildman–Crippen LogP) is -1.18. The largest absolute Gasteiger partial charge is 0.381 e. The van der Waals surface area contributed by atoms with E-state index in [9.17, 15) is 5.11 Å². The molecule has 10 heteroatoms. The first-order valence-corrected chi connectivity index (χ1v) is 6.59. The zero-order valence-electron chi connectivity index (χ0n) is 13.0. The normalized spacial score (nSPS) is 10.8. The van der Waals surface area contributed by atoms with Gasteiger partial charge in [0.1, 0.15) is 18.7 Å². The van der Waals surface area contributed by atoms with Crippen molar-refractivity contribution in [3.8, 4) is 0 Å². The van der Waals surface area contributed by atoms with Crippen molar-refractivity contribution in [1.29, 1.82) is 0 Å². The van der Waals surface area contributed by atoms with Crippen LogP contribution in [0.3, 0.4) is 0 Å². The SMILES string of the molecule is CN(C)c1ncnc(C(NCO)c2ncnc(N(C)C)n2)n1. The summed E-state index contributed by atoms with van der Waals surface area (Å²) in [5, 5.41) is 12.1. The maximum atomic E-state index is 9.24. The summed E-state index contributed by atoms with van der Waals surface area (Å²) >= 11 is 0.